The number of nitrogens with zero attached hydrogens (tertiary/aromatic N) is 4. The van der Waals surface area contributed by atoms with Gasteiger partial charge in [0.1, 0.15) is 24.0 Å². The summed E-state index contributed by atoms with van der Waals surface area (Å²) in [4.78, 5) is 9.25. The lowest BCUT2D eigenvalue weighted by molar-refractivity contribution is 0.479. The molecule has 0 bridgehead atoms. The Bertz CT molecular complexity index is 2970. The lowest BCUT2D eigenvalue weighted by atomic mass is 9.86. The number of rotatable bonds is 6. The molecule has 0 radical (unpaired) electrons. The minimum Gasteiger partial charge on any atom is -0.457 e. The van der Waals surface area contributed by atoms with Crippen LogP contribution in [0.2, 0.25) is 0 Å². The van der Waals surface area contributed by atoms with Crippen LogP contribution in [0.3, 0.4) is 0 Å². The van der Waals surface area contributed by atoms with E-state index in [0.717, 1.165) is 55.9 Å². The van der Waals surface area contributed by atoms with E-state index in [9.17, 15) is 0 Å². The summed E-state index contributed by atoms with van der Waals surface area (Å²) in [5, 5.41) is 2.26. The molecule has 272 valence electrons. The fourth-order valence-corrected chi connectivity index (χ4v) is 7.58. The molecule has 3 heterocycles. The number of benzene rings is 6. The quantitative estimate of drug-likeness (QED) is 0.171. The maximum absolute atomic E-state index is 8.80. The summed E-state index contributed by atoms with van der Waals surface area (Å²) in [6.45, 7) is 13.6. The Morgan fingerprint density at radius 2 is 1.25 bits per heavy atom. The van der Waals surface area contributed by atoms with Gasteiger partial charge in [0.05, 0.1) is 34.9 Å². The highest BCUT2D eigenvalue weighted by Crippen LogP contribution is 2.48. The zero-order valence-corrected chi connectivity index (χ0v) is 32.0. The molecule has 0 N–H and O–H groups in total. The van der Waals surface area contributed by atoms with Gasteiger partial charge in [-0.15, -0.1) is 0 Å². The first-order valence-electron chi connectivity index (χ1n) is 21.2. The standard InChI is InChI=1S/C50H46N4O/c1-49(2,3)35-26-27-51-48(30-35)54-44-21-13-11-19-41(44)42-25-24-38(32-47(42)54)55-39-29-36(50(4,5)6)28-37(31-39)52-33-53(46-23-15-14-22-45(46)52)43-20-12-10-18-40(43)34-16-8-7-9-17-34/h7-32H,33H2,1-6H3/i7D,8D,9D,16D,17D. The molecule has 0 saturated carbocycles. The molecule has 2 aromatic heterocycles. The van der Waals surface area contributed by atoms with Crippen LogP contribution in [0.4, 0.5) is 22.7 Å². The average molecular weight is 724 g/mol. The highest BCUT2D eigenvalue weighted by molar-refractivity contribution is 6.09. The Morgan fingerprint density at radius 3 is 2.02 bits per heavy atom. The maximum Gasteiger partial charge on any atom is 0.137 e. The van der Waals surface area contributed by atoms with Gasteiger partial charge in [0.15, 0.2) is 0 Å². The minimum atomic E-state index is -0.411. The first-order chi connectivity index (χ1) is 28.6. The molecule has 0 saturated heterocycles. The largest absolute Gasteiger partial charge is 0.457 e. The Morgan fingerprint density at radius 1 is 0.582 bits per heavy atom. The monoisotopic (exact) mass is 723 g/mol. The average Bonchev–Trinajstić information content (AvgIpc) is 3.78. The SMILES string of the molecule is [2H]c1c([2H])c([2H])c(-c2ccccc2N2CN(c3cc(Oc4ccc5c6ccccc6n(-c6cc(C(C)(C)C)ccn6)c5c4)cc(C(C)(C)C)c3)c3ccccc32)c([2H])c1[2H]. The number of hydrogen-bond acceptors (Lipinski definition) is 4. The molecule has 5 heteroatoms. The molecule has 0 atom stereocenters. The molecular weight excluding hydrogens is 673 g/mol. The number of ether oxygens (including phenoxy) is 1. The van der Waals surface area contributed by atoms with Gasteiger partial charge in [0.25, 0.3) is 0 Å². The number of hydrogen-bond donors (Lipinski definition) is 0. The van der Waals surface area contributed by atoms with Crippen molar-refractivity contribution in [1.29, 1.82) is 0 Å². The number of fused-ring (bicyclic) bond motifs is 4. The number of aromatic nitrogens is 2. The van der Waals surface area contributed by atoms with Crippen molar-refractivity contribution in [2.24, 2.45) is 0 Å². The van der Waals surface area contributed by atoms with Crippen molar-refractivity contribution in [1.82, 2.24) is 9.55 Å². The lowest BCUT2D eigenvalue weighted by Crippen LogP contribution is -2.25. The van der Waals surface area contributed by atoms with Crippen molar-refractivity contribution in [3.05, 3.63) is 169 Å². The van der Waals surface area contributed by atoms with E-state index in [4.69, 9.17) is 16.6 Å². The van der Waals surface area contributed by atoms with Crippen LogP contribution in [-0.4, -0.2) is 16.2 Å². The molecule has 55 heavy (non-hydrogen) atoms. The molecule has 6 aromatic carbocycles. The summed E-state index contributed by atoms with van der Waals surface area (Å²) >= 11 is 0. The van der Waals surface area contributed by atoms with Gasteiger partial charge in [-0.05, 0) is 88.2 Å². The summed E-state index contributed by atoms with van der Waals surface area (Å²) in [5.41, 5.74) is 8.45. The zero-order chi connectivity index (χ0) is 42.2. The Balaban J connectivity index is 1.14. The van der Waals surface area contributed by atoms with Gasteiger partial charge >= 0.3 is 0 Å². The normalized spacial score (nSPS) is 14.4. The summed E-state index contributed by atoms with van der Waals surface area (Å²) in [6.07, 6.45) is 1.89. The van der Waals surface area contributed by atoms with Gasteiger partial charge in [-0.2, -0.15) is 0 Å². The highest BCUT2D eigenvalue weighted by atomic mass is 16.5. The van der Waals surface area contributed by atoms with Crippen LogP contribution >= 0.6 is 0 Å². The Hall–Kier alpha value is -6.33. The van der Waals surface area contributed by atoms with E-state index < -0.39 is 6.04 Å². The molecule has 8 aromatic rings. The van der Waals surface area contributed by atoms with Crippen LogP contribution < -0.4 is 14.5 Å². The van der Waals surface area contributed by atoms with Gasteiger partial charge in [0.2, 0.25) is 0 Å². The van der Waals surface area contributed by atoms with E-state index in [1.54, 1.807) is 0 Å². The molecule has 1 aliphatic rings. The number of anilines is 4. The van der Waals surface area contributed by atoms with E-state index in [1.807, 2.05) is 48.7 Å². The van der Waals surface area contributed by atoms with E-state index in [1.165, 1.54) is 5.56 Å². The lowest BCUT2D eigenvalue weighted by Gasteiger charge is -2.27. The molecule has 0 fully saturated rings. The molecule has 1 aliphatic heterocycles. The second-order valence-corrected chi connectivity index (χ2v) is 16.3. The van der Waals surface area contributed by atoms with Gasteiger partial charge in [0, 0.05) is 40.4 Å². The van der Waals surface area contributed by atoms with Crippen LogP contribution in [0.1, 0.15) is 59.5 Å². The topological polar surface area (TPSA) is 33.5 Å². The van der Waals surface area contributed by atoms with Crippen molar-refractivity contribution in [3.8, 4) is 28.4 Å². The van der Waals surface area contributed by atoms with E-state index in [-0.39, 0.29) is 40.6 Å². The van der Waals surface area contributed by atoms with Crippen molar-refractivity contribution >= 4 is 44.6 Å². The third-order valence-corrected chi connectivity index (χ3v) is 10.5. The summed E-state index contributed by atoms with van der Waals surface area (Å²) in [7, 11) is 0. The van der Waals surface area contributed by atoms with Crippen molar-refractivity contribution in [3.63, 3.8) is 0 Å². The third kappa shape index (κ3) is 6.30. The number of para-hydroxylation sites is 4. The van der Waals surface area contributed by atoms with Gasteiger partial charge in [-0.1, -0.05) is 120 Å². The predicted octanol–water partition coefficient (Wildman–Crippen LogP) is 13.5. The van der Waals surface area contributed by atoms with Gasteiger partial charge in [-0.25, -0.2) is 4.98 Å². The molecule has 0 unspecified atom stereocenters. The Kier molecular flexibility index (Phi) is 6.98. The van der Waals surface area contributed by atoms with E-state index >= 15 is 0 Å². The fraction of sp³-hybridized carbons (Fsp3) is 0.180. The predicted molar refractivity (Wildman–Crippen MR) is 230 cm³/mol. The molecule has 5 nitrogen and oxygen atoms in total. The molecule has 9 rings (SSSR count). The van der Waals surface area contributed by atoms with Crippen LogP contribution in [0.15, 0.2) is 158 Å². The van der Waals surface area contributed by atoms with Crippen LogP contribution in [0, 0.1) is 0 Å². The molecule has 0 spiro atoms. The van der Waals surface area contributed by atoms with Crippen LogP contribution in [0.5, 0.6) is 11.5 Å². The third-order valence-electron chi connectivity index (χ3n) is 10.5. The van der Waals surface area contributed by atoms with Crippen molar-refractivity contribution in [2.75, 3.05) is 16.5 Å². The van der Waals surface area contributed by atoms with Crippen molar-refractivity contribution < 1.29 is 11.6 Å². The minimum absolute atomic E-state index is 0.0406. The van der Waals surface area contributed by atoms with Crippen LogP contribution in [0.25, 0.3) is 38.8 Å². The fourth-order valence-electron chi connectivity index (χ4n) is 7.58. The first-order valence-corrected chi connectivity index (χ1v) is 18.7. The summed E-state index contributed by atoms with van der Waals surface area (Å²) < 4.78 is 51.7. The van der Waals surface area contributed by atoms with E-state index in [2.05, 4.69) is 135 Å². The van der Waals surface area contributed by atoms with Gasteiger partial charge < -0.3 is 14.5 Å². The second-order valence-electron chi connectivity index (χ2n) is 16.3. The zero-order valence-electron chi connectivity index (χ0n) is 37.0. The van der Waals surface area contributed by atoms with E-state index in [0.29, 0.717) is 23.7 Å². The highest BCUT2D eigenvalue weighted by Gasteiger charge is 2.30. The first kappa shape index (κ1) is 29.1. The summed E-state index contributed by atoms with van der Waals surface area (Å²) in [6, 6.07) is 39.5. The smallest absolute Gasteiger partial charge is 0.137 e. The Labute approximate surface area is 331 Å². The van der Waals surface area contributed by atoms with Crippen molar-refractivity contribution in [2.45, 2.75) is 52.4 Å². The van der Waals surface area contributed by atoms with Crippen LogP contribution in [-0.2, 0) is 10.8 Å². The molecule has 0 aliphatic carbocycles. The maximum atomic E-state index is 8.80. The number of pyridine rings is 1. The van der Waals surface area contributed by atoms with Gasteiger partial charge in [-0.3, -0.25) is 4.57 Å². The second kappa shape index (κ2) is 13.2. The summed E-state index contributed by atoms with van der Waals surface area (Å²) in [5.74, 6) is 2.25. The molecular formula is C50H46N4O. The molecule has 0 amide bonds.